The number of para-hydroxylation sites is 1. The van der Waals surface area contributed by atoms with E-state index in [1.165, 1.54) is 44.5 Å². The molecule has 0 radical (unpaired) electrons. The van der Waals surface area contributed by atoms with Crippen LogP contribution >= 0.6 is 0 Å². The predicted molar refractivity (Wildman–Crippen MR) is 77.3 cm³/mol. The van der Waals surface area contributed by atoms with Crippen LogP contribution in [0.4, 0.5) is 5.69 Å². The highest BCUT2D eigenvalue weighted by molar-refractivity contribution is 5.56. The highest BCUT2D eigenvalue weighted by Gasteiger charge is 2.28. The normalized spacial score (nSPS) is 24.6. The number of likely N-dealkylation sites (N-methyl/N-ethyl adjacent to an activating group) is 1. The number of hydrogen-bond acceptors (Lipinski definition) is 2. The minimum Gasteiger partial charge on any atom is -0.370 e. The quantitative estimate of drug-likeness (QED) is 0.806. The highest BCUT2D eigenvalue weighted by atomic mass is 15.2. The Bertz CT molecular complexity index is 409. The van der Waals surface area contributed by atoms with Crippen LogP contribution in [0.5, 0.6) is 0 Å². The third kappa shape index (κ3) is 2.14. The van der Waals surface area contributed by atoms with Crippen molar-refractivity contribution in [1.29, 1.82) is 0 Å². The SMILES string of the molecule is CN(C)[C@H]1CCN(c2ccccc2C2CCC2)C1. The topological polar surface area (TPSA) is 6.48 Å². The predicted octanol–water partition coefficient (Wildman–Crippen LogP) is 3.09. The summed E-state index contributed by atoms with van der Waals surface area (Å²) in [6.45, 7) is 2.41. The van der Waals surface area contributed by atoms with Crippen molar-refractivity contribution in [2.75, 3.05) is 32.1 Å². The molecule has 2 aliphatic rings. The number of hydrogen-bond donors (Lipinski definition) is 0. The molecule has 0 unspecified atom stereocenters. The highest BCUT2D eigenvalue weighted by Crippen LogP contribution is 2.41. The third-order valence-corrected chi connectivity index (χ3v) is 4.72. The maximum atomic E-state index is 2.60. The molecule has 1 atom stereocenters. The second-order valence-corrected chi connectivity index (χ2v) is 6.04. The molecule has 0 N–H and O–H groups in total. The van der Waals surface area contributed by atoms with E-state index in [2.05, 4.69) is 48.2 Å². The van der Waals surface area contributed by atoms with Gasteiger partial charge in [0.15, 0.2) is 0 Å². The van der Waals surface area contributed by atoms with Crippen molar-refractivity contribution in [2.45, 2.75) is 37.6 Å². The molecule has 2 fully saturated rings. The summed E-state index contributed by atoms with van der Waals surface area (Å²) in [7, 11) is 4.40. The fourth-order valence-electron chi connectivity index (χ4n) is 3.22. The summed E-state index contributed by atoms with van der Waals surface area (Å²) in [5.74, 6) is 0.833. The minimum absolute atomic E-state index is 0.722. The van der Waals surface area contributed by atoms with Crippen molar-refractivity contribution in [3.8, 4) is 0 Å². The first-order chi connectivity index (χ1) is 8.75. The molecular weight excluding hydrogens is 220 g/mol. The lowest BCUT2D eigenvalue weighted by Crippen LogP contribution is -2.32. The largest absolute Gasteiger partial charge is 0.370 e. The molecule has 18 heavy (non-hydrogen) atoms. The van der Waals surface area contributed by atoms with E-state index in [4.69, 9.17) is 0 Å². The van der Waals surface area contributed by atoms with Crippen LogP contribution < -0.4 is 4.90 Å². The van der Waals surface area contributed by atoms with Crippen LogP contribution in [0, 0.1) is 0 Å². The number of nitrogens with zero attached hydrogens (tertiary/aromatic N) is 2. The van der Waals surface area contributed by atoms with Crippen molar-refractivity contribution in [3.63, 3.8) is 0 Å². The van der Waals surface area contributed by atoms with E-state index in [-0.39, 0.29) is 0 Å². The number of benzene rings is 1. The maximum Gasteiger partial charge on any atom is 0.0402 e. The molecule has 3 rings (SSSR count). The van der Waals surface area contributed by atoms with Crippen LogP contribution in [0.1, 0.15) is 37.2 Å². The Morgan fingerprint density at radius 2 is 1.89 bits per heavy atom. The smallest absolute Gasteiger partial charge is 0.0402 e. The molecule has 0 amide bonds. The lowest BCUT2D eigenvalue weighted by atomic mass is 9.79. The zero-order valence-corrected chi connectivity index (χ0v) is 11.6. The molecule has 0 spiro atoms. The Hall–Kier alpha value is -1.02. The molecule has 2 heteroatoms. The molecule has 1 saturated carbocycles. The van der Waals surface area contributed by atoms with Gasteiger partial charge in [-0.05, 0) is 50.9 Å². The van der Waals surface area contributed by atoms with Crippen molar-refractivity contribution in [3.05, 3.63) is 29.8 Å². The fourth-order valence-corrected chi connectivity index (χ4v) is 3.22. The first-order valence-electron chi connectivity index (χ1n) is 7.26. The van der Waals surface area contributed by atoms with Crippen molar-refractivity contribution >= 4 is 5.69 Å². The van der Waals surface area contributed by atoms with E-state index >= 15 is 0 Å². The zero-order chi connectivity index (χ0) is 12.5. The second kappa shape index (κ2) is 4.93. The van der Waals surface area contributed by atoms with Crippen molar-refractivity contribution in [1.82, 2.24) is 4.90 Å². The van der Waals surface area contributed by atoms with Gasteiger partial charge in [0.2, 0.25) is 0 Å². The fraction of sp³-hybridized carbons (Fsp3) is 0.625. The third-order valence-electron chi connectivity index (χ3n) is 4.72. The summed E-state index contributed by atoms with van der Waals surface area (Å²) in [5.41, 5.74) is 3.11. The van der Waals surface area contributed by atoms with Crippen molar-refractivity contribution in [2.24, 2.45) is 0 Å². The Morgan fingerprint density at radius 1 is 1.11 bits per heavy atom. The van der Waals surface area contributed by atoms with Gasteiger partial charge in [-0.1, -0.05) is 24.6 Å². The summed E-state index contributed by atoms with van der Waals surface area (Å²) in [4.78, 5) is 4.96. The van der Waals surface area contributed by atoms with Crippen LogP contribution in [0.25, 0.3) is 0 Å². The van der Waals surface area contributed by atoms with Crippen LogP contribution in [-0.4, -0.2) is 38.1 Å². The first kappa shape index (κ1) is 12.0. The van der Waals surface area contributed by atoms with Gasteiger partial charge in [-0.2, -0.15) is 0 Å². The van der Waals surface area contributed by atoms with Gasteiger partial charge in [0.05, 0.1) is 0 Å². The molecule has 1 aliphatic carbocycles. The molecule has 1 aliphatic heterocycles. The molecule has 0 aromatic heterocycles. The number of rotatable bonds is 3. The minimum atomic E-state index is 0.722. The van der Waals surface area contributed by atoms with Crippen LogP contribution in [0.15, 0.2) is 24.3 Å². The lowest BCUT2D eigenvalue weighted by molar-refractivity contribution is 0.315. The Kier molecular flexibility index (Phi) is 3.29. The van der Waals surface area contributed by atoms with Crippen LogP contribution in [-0.2, 0) is 0 Å². The summed E-state index contributed by atoms with van der Waals surface area (Å²) in [6.07, 6.45) is 5.50. The average Bonchev–Trinajstić information content (AvgIpc) is 2.77. The monoisotopic (exact) mass is 244 g/mol. The Balaban J connectivity index is 1.80. The molecule has 98 valence electrons. The molecule has 0 bridgehead atoms. The zero-order valence-electron chi connectivity index (χ0n) is 11.6. The van der Waals surface area contributed by atoms with E-state index in [0.717, 1.165) is 12.0 Å². The van der Waals surface area contributed by atoms with E-state index in [0.29, 0.717) is 0 Å². The van der Waals surface area contributed by atoms with Gasteiger partial charge in [-0.25, -0.2) is 0 Å². The van der Waals surface area contributed by atoms with Crippen molar-refractivity contribution < 1.29 is 0 Å². The van der Waals surface area contributed by atoms with Crippen LogP contribution in [0.3, 0.4) is 0 Å². The molecule has 2 nitrogen and oxygen atoms in total. The molecule has 1 saturated heterocycles. The van der Waals surface area contributed by atoms with Gasteiger partial charge in [0.1, 0.15) is 0 Å². The molecular formula is C16H24N2. The van der Waals surface area contributed by atoms with Gasteiger partial charge in [0, 0.05) is 24.8 Å². The summed E-state index contributed by atoms with van der Waals surface area (Å²) < 4.78 is 0. The summed E-state index contributed by atoms with van der Waals surface area (Å²) in [6, 6.07) is 9.80. The van der Waals surface area contributed by atoms with Crippen LogP contribution in [0.2, 0.25) is 0 Å². The maximum absolute atomic E-state index is 2.60. The summed E-state index contributed by atoms with van der Waals surface area (Å²) >= 11 is 0. The van der Waals surface area contributed by atoms with E-state index in [1.807, 2.05) is 0 Å². The molecule has 1 aromatic carbocycles. The van der Waals surface area contributed by atoms with Gasteiger partial charge in [0.25, 0.3) is 0 Å². The standard InChI is InChI=1S/C16H24N2/c1-17(2)14-10-11-18(12-14)16-9-4-3-8-15(16)13-6-5-7-13/h3-4,8-9,13-14H,5-7,10-12H2,1-2H3/t14-/m0/s1. The van der Waals surface area contributed by atoms with Gasteiger partial charge < -0.3 is 9.80 Å². The molecule has 1 aromatic rings. The van der Waals surface area contributed by atoms with Gasteiger partial charge in [-0.15, -0.1) is 0 Å². The lowest BCUT2D eigenvalue weighted by Gasteiger charge is -2.31. The van der Waals surface area contributed by atoms with E-state index in [1.54, 1.807) is 5.56 Å². The average molecular weight is 244 g/mol. The van der Waals surface area contributed by atoms with Gasteiger partial charge in [-0.3, -0.25) is 0 Å². The van der Waals surface area contributed by atoms with E-state index in [9.17, 15) is 0 Å². The van der Waals surface area contributed by atoms with E-state index < -0.39 is 0 Å². The van der Waals surface area contributed by atoms with Gasteiger partial charge >= 0.3 is 0 Å². The first-order valence-corrected chi connectivity index (χ1v) is 7.26. The Morgan fingerprint density at radius 3 is 2.50 bits per heavy atom. The number of anilines is 1. The second-order valence-electron chi connectivity index (χ2n) is 6.04. The summed E-state index contributed by atoms with van der Waals surface area (Å²) in [5, 5.41) is 0. The Labute approximate surface area is 111 Å². The molecule has 1 heterocycles.